The number of amides is 1. The van der Waals surface area contributed by atoms with Crippen molar-refractivity contribution in [2.45, 2.75) is 18.8 Å². The third-order valence-corrected chi connectivity index (χ3v) is 5.51. The van der Waals surface area contributed by atoms with Gasteiger partial charge >= 0.3 is 0 Å². The highest BCUT2D eigenvalue weighted by molar-refractivity contribution is 5.92. The minimum atomic E-state index is -0.272. The zero-order valence-corrected chi connectivity index (χ0v) is 16.6. The highest BCUT2D eigenvalue weighted by Crippen LogP contribution is 2.27. The molecule has 0 aliphatic carbocycles. The predicted octanol–water partition coefficient (Wildman–Crippen LogP) is 3.29. The minimum absolute atomic E-state index is 0.0579. The number of hydrogen-bond acceptors (Lipinski definition) is 4. The van der Waals surface area contributed by atoms with Crippen molar-refractivity contribution >= 4 is 11.6 Å². The molecule has 0 radical (unpaired) electrons. The molecule has 0 saturated carbocycles. The van der Waals surface area contributed by atoms with Crippen LogP contribution in [-0.4, -0.2) is 48.3 Å². The Labute approximate surface area is 172 Å². The minimum Gasteiger partial charge on any atom is -0.337 e. The number of piperidine rings is 1. The average Bonchev–Trinajstić information content (AvgIpc) is 3.39. The molecule has 1 aromatic carbocycles. The van der Waals surface area contributed by atoms with Crippen molar-refractivity contribution < 1.29 is 9.18 Å². The molecular weight excluding hydrogens is 383 g/mol. The third-order valence-electron chi connectivity index (χ3n) is 5.51. The molecular formula is C22H21FN6O. The Balaban J connectivity index is 1.39. The number of pyridine rings is 1. The van der Waals surface area contributed by atoms with E-state index in [-0.39, 0.29) is 17.6 Å². The van der Waals surface area contributed by atoms with Crippen molar-refractivity contribution in [1.82, 2.24) is 29.3 Å². The highest BCUT2D eigenvalue weighted by atomic mass is 19.1. The number of benzene rings is 1. The molecule has 1 aliphatic rings. The van der Waals surface area contributed by atoms with E-state index in [1.165, 1.54) is 12.1 Å². The average molecular weight is 404 g/mol. The zero-order valence-electron chi connectivity index (χ0n) is 16.6. The van der Waals surface area contributed by atoms with Crippen molar-refractivity contribution in [3.05, 3.63) is 72.2 Å². The molecule has 0 spiro atoms. The van der Waals surface area contributed by atoms with E-state index in [1.807, 2.05) is 29.3 Å². The van der Waals surface area contributed by atoms with Gasteiger partial charge in [0, 0.05) is 44.0 Å². The Morgan fingerprint density at radius 3 is 2.83 bits per heavy atom. The van der Waals surface area contributed by atoms with Gasteiger partial charge in [0.2, 0.25) is 0 Å². The second-order valence-electron chi connectivity index (χ2n) is 7.67. The van der Waals surface area contributed by atoms with E-state index in [9.17, 15) is 9.18 Å². The Morgan fingerprint density at radius 2 is 2.03 bits per heavy atom. The number of halogens is 1. The highest BCUT2D eigenvalue weighted by Gasteiger charge is 2.29. The summed E-state index contributed by atoms with van der Waals surface area (Å²) in [5.74, 6) is 0.470. The summed E-state index contributed by atoms with van der Waals surface area (Å²) >= 11 is 0. The first-order chi connectivity index (χ1) is 14.6. The first-order valence-corrected chi connectivity index (χ1v) is 9.98. The maximum absolute atomic E-state index is 13.6. The van der Waals surface area contributed by atoms with E-state index in [2.05, 4.69) is 15.2 Å². The van der Waals surface area contributed by atoms with Crippen LogP contribution in [0.15, 0.2) is 54.9 Å². The molecule has 4 heterocycles. The molecule has 0 N–H and O–H groups in total. The maximum atomic E-state index is 13.6. The van der Waals surface area contributed by atoms with Gasteiger partial charge in [-0.1, -0.05) is 12.1 Å². The summed E-state index contributed by atoms with van der Waals surface area (Å²) in [7, 11) is 1.80. The summed E-state index contributed by atoms with van der Waals surface area (Å²) in [5.41, 5.74) is 2.85. The van der Waals surface area contributed by atoms with Crippen molar-refractivity contribution in [2.24, 2.45) is 7.05 Å². The monoisotopic (exact) mass is 404 g/mol. The molecule has 7 nitrogen and oxygen atoms in total. The number of fused-ring (bicyclic) bond motifs is 1. The molecule has 0 unspecified atom stereocenters. The number of nitrogens with zero attached hydrogens (tertiary/aromatic N) is 6. The Kier molecular flexibility index (Phi) is 4.54. The van der Waals surface area contributed by atoms with Gasteiger partial charge in [0.05, 0.1) is 0 Å². The first kappa shape index (κ1) is 18.5. The summed E-state index contributed by atoms with van der Waals surface area (Å²) in [6.07, 6.45) is 5.46. The molecule has 8 heteroatoms. The molecule has 5 rings (SSSR count). The quantitative estimate of drug-likeness (QED) is 0.526. The molecule has 0 bridgehead atoms. The van der Waals surface area contributed by atoms with Crippen molar-refractivity contribution in [3.63, 3.8) is 0 Å². The first-order valence-electron chi connectivity index (χ1n) is 9.98. The fraction of sp³-hybridized carbons (Fsp3) is 0.273. The smallest absolute Gasteiger partial charge is 0.274 e. The number of rotatable bonds is 3. The second kappa shape index (κ2) is 7.37. The molecule has 1 fully saturated rings. The molecule has 3 aromatic heterocycles. The van der Waals surface area contributed by atoms with Gasteiger partial charge in [-0.25, -0.2) is 13.9 Å². The standard InChI is InChI=1S/C22H21FN6O/c1-27-11-9-19(25-27)22(30)28-10-3-5-17(13-28)21-24-20-8-7-16(14-29(20)26-21)15-4-2-6-18(23)12-15/h2,4,6-9,11-12,14,17H,3,5,10,13H2,1H3/t17-/m1/s1. The lowest BCUT2D eigenvalue weighted by molar-refractivity contribution is 0.0698. The Morgan fingerprint density at radius 1 is 1.13 bits per heavy atom. The van der Waals surface area contributed by atoms with Crippen LogP contribution in [0.2, 0.25) is 0 Å². The predicted molar refractivity (Wildman–Crippen MR) is 109 cm³/mol. The third kappa shape index (κ3) is 3.45. The fourth-order valence-corrected chi connectivity index (χ4v) is 3.98. The SMILES string of the molecule is Cn1ccc(C(=O)N2CCC[C@@H](c3nc4ccc(-c5cccc(F)c5)cn4n3)C2)n1. The summed E-state index contributed by atoms with van der Waals surface area (Å²) in [6.45, 7) is 1.28. The molecule has 30 heavy (non-hydrogen) atoms. The Bertz CT molecular complexity index is 1230. The van der Waals surface area contributed by atoms with Gasteiger partial charge < -0.3 is 4.90 Å². The van der Waals surface area contributed by atoms with Crippen LogP contribution < -0.4 is 0 Å². The number of aromatic nitrogens is 5. The van der Waals surface area contributed by atoms with E-state index in [1.54, 1.807) is 34.6 Å². The lowest BCUT2D eigenvalue weighted by Gasteiger charge is -2.30. The summed E-state index contributed by atoms with van der Waals surface area (Å²) in [6, 6.07) is 12.0. The lowest BCUT2D eigenvalue weighted by atomic mass is 9.97. The van der Waals surface area contributed by atoms with Crippen LogP contribution in [0.5, 0.6) is 0 Å². The van der Waals surface area contributed by atoms with Crippen LogP contribution in [0.25, 0.3) is 16.8 Å². The number of carbonyl (C=O) groups is 1. The van der Waals surface area contributed by atoms with Crippen LogP contribution in [0.4, 0.5) is 4.39 Å². The number of hydrogen-bond donors (Lipinski definition) is 0. The van der Waals surface area contributed by atoms with E-state index in [0.717, 1.165) is 35.4 Å². The molecule has 4 aromatic rings. The van der Waals surface area contributed by atoms with Gasteiger partial charge in [0.1, 0.15) is 11.5 Å². The van der Waals surface area contributed by atoms with Gasteiger partial charge in [-0.3, -0.25) is 9.48 Å². The zero-order chi connectivity index (χ0) is 20.7. The van der Waals surface area contributed by atoms with Crippen LogP contribution in [0.3, 0.4) is 0 Å². The Hall–Kier alpha value is -3.55. The van der Waals surface area contributed by atoms with Crippen LogP contribution >= 0.6 is 0 Å². The largest absolute Gasteiger partial charge is 0.337 e. The molecule has 1 saturated heterocycles. The molecule has 1 atom stereocenters. The van der Waals surface area contributed by atoms with E-state index in [4.69, 9.17) is 0 Å². The summed E-state index contributed by atoms with van der Waals surface area (Å²) in [5, 5.41) is 8.90. The molecule has 1 amide bonds. The lowest BCUT2D eigenvalue weighted by Crippen LogP contribution is -2.39. The number of aryl methyl sites for hydroxylation is 1. The van der Waals surface area contributed by atoms with Crippen LogP contribution in [-0.2, 0) is 7.05 Å². The van der Waals surface area contributed by atoms with Gasteiger partial charge in [0.15, 0.2) is 11.5 Å². The van der Waals surface area contributed by atoms with Gasteiger partial charge in [0.25, 0.3) is 5.91 Å². The van der Waals surface area contributed by atoms with Crippen molar-refractivity contribution in [2.75, 3.05) is 13.1 Å². The number of carbonyl (C=O) groups excluding carboxylic acids is 1. The van der Waals surface area contributed by atoms with E-state index >= 15 is 0 Å². The van der Waals surface area contributed by atoms with E-state index in [0.29, 0.717) is 18.8 Å². The molecule has 152 valence electrons. The second-order valence-corrected chi connectivity index (χ2v) is 7.67. The topological polar surface area (TPSA) is 68.3 Å². The van der Waals surface area contributed by atoms with Crippen LogP contribution in [0.1, 0.15) is 35.1 Å². The van der Waals surface area contributed by atoms with Gasteiger partial charge in [-0.15, -0.1) is 0 Å². The van der Waals surface area contributed by atoms with Crippen molar-refractivity contribution in [1.29, 1.82) is 0 Å². The van der Waals surface area contributed by atoms with E-state index < -0.39 is 0 Å². The fourth-order valence-electron chi connectivity index (χ4n) is 3.98. The van der Waals surface area contributed by atoms with Gasteiger partial charge in [-0.05, 0) is 48.7 Å². The summed E-state index contributed by atoms with van der Waals surface area (Å²) < 4.78 is 16.9. The molecule has 1 aliphatic heterocycles. The van der Waals surface area contributed by atoms with Crippen LogP contribution in [0, 0.1) is 5.82 Å². The number of likely N-dealkylation sites (tertiary alicyclic amines) is 1. The van der Waals surface area contributed by atoms with Crippen molar-refractivity contribution in [3.8, 4) is 11.1 Å². The summed E-state index contributed by atoms with van der Waals surface area (Å²) in [4.78, 5) is 19.3. The normalized spacial score (nSPS) is 16.9. The van der Waals surface area contributed by atoms with Gasteiger partial charge in [-0.2, -0.15) is 10.2 Å². The maximum Gasteiger partial charge on any atom is 0.274 e.